The Hall–Kier alpha value is -1.61. The van der Waals surface area contributed by atoms with E-state index in [1.54, 1.807) is 0 Å². The minimum absolute atomic E-state index is 0.341. The molecule has 0 radical (unpaired) electrons. The van der Waals surface area contributed by atoms with Crippen molar-refractivity contribution in [1.29, 1.82) is 0 Å². The molecule has 3 nitrogen and oxygen atoms in total. The molecule has 1 fully saturated rings. The van der Waals surface area contributed by atoms with Gasteiger partial charge in [-0.25, -0.2) is 0 Å². The number of hydrogen-bond donors (Lipinski definition) is 0. The molecule has 1 aromatic carbocycles. The van der Waals surface area contributed by atoms with Crippen molar-refractivity contribution in [3.8, 4) is 0 Å². The molecule has 1 aliphatic heterocycles. The van der Waals surface area contributed by atoms with Crippen molar-refractivity contribution in [3.63, 3.8) is 0 Å². The highest BCUT2D eigenvalue weighted by Crippen LogP contribution is 2.08. The SMILES string of the molecule is CCCCCC(=O)N1CCN(C/C=C/c2ccccc2)CC1. The summed E-state index contributed by atoms with van der Waals surface area (Å²) in [5.74, 6) is 0.341. The van der Waals surface area contributed by atoms with Gasteiger partial charge in [0.2, 0.25) is 5.91 Å². The van der Waals surface area contributed by atoms with Crippen LogP contribution in [0.3, 0.4) is 0 Å². The van der Waals surface area contributed by atoms with Gasteiger partial charge >= 0.3 is 0 Å². The molecule has 1 aromatic rings. The summed E-state index contributed by atoms with van der Waals surface area (Å²) in [6.45, 7) is 6.87. The summed E-state index contributed by atoms with van der Waals surface area (Å²) in [5, 5.41) is 0. The predicted molar refractivity (Wildman–Crippen MR) is 92.6 cm³/mol. The van der Waals surface area contributed by atoms with Crippen LogP contribution < -0.4 is 0 Å². The number of rotatable bonds is 7. The van der Waals surface area contributed by atoms with E-state index in [0.29, 0.717) is 5.91 Å². The highest BCUT2D eigenvalue weighted by atomic mass is 16.2. The molecule has 0 bridgehead atoms. The average Bonchev–Trinajstić information content (AvgIpc) is 2.56. The van der Waals surface area contributed by atoms with Crippen LogP contribution in [0.5, 0.6) is 0 Å². The van der Waals surface area contributed by atoms with Gasteiger partial charge in [-0.05, 0) is 12.0 Å². The number of piperazine rings is 1. The van der Waals surface area contributed by atoms with Crippen molar-refractivity contribution in [1.82, 2.24) is 9.80 Å². The van der Waals surface area contributed by atoms with Crippen LogP contribution >= 0.6 is 0 Å². The summed E-state index contributed by atoms with van der Waals surface area (Å²) < 4.78 is 0. The largest absolute Gasteiger partial charge is 0.340 e. The first-order valence-electron chi connectivity index (χ1n) is 8.51. The molecule has 3 heteroatoms. The maximum absolute atomic E-state index is 12.1. The zero-order chi connectivity index (χ0) is 15.6. The molecule has 0 unspecified atom stereocenters. The normalized spacial score (nSPS) is 16.3. The lowest BCUT2D eigenvalue weighted by Gasteiger charge is -2.34. The van der Waals surface area contributed by atoms with E-state index in [1.807, 2.05) is 11.0 Å². The molecule has 0 N–H and O–H groups in total. The maximum Gasteiger partial charge on any atom is 0.222 e. The zero-order valence-corrected chi connectivity index (χ0v) is 13.7. The highest BCUT2D eigenvalue weighted by Gasteiger charge is 2.19. The minimum atomic E-state index is 0.341. The second kappa shape index (κ2) is 9.42. The number of hydrogen-bond acceptors (Lipinski definition) is 2. The highest BCUT2D eigenvalue weighted by molar-refractivity contribution is 5.76. The summed E-state index contributed by atoms with van der Waals surface area (Å²) >= 11 is 0. The number of carbonyl (C=O) groups is 1. The van der Waals surface area contributed by atoms with Crippen molar-refractivity contribution in [2.75, 3.05) is 32.7 Å². The summed E-state index contributed by atoms with van der Waals surface area (Å²) in [6.07, 6.45) is 8.48. The van der Waals surface area contributed by atoms with E-state index in [1.165, 1.54) is 12.0 Å². The first kappa shape index (κ1) is 16.8. The second-order valence-electron chi connectivity index (χ2n) is 5.95. The van der Waals surface area contributed by atoms with Crippen molar-refractivity contribution < 1.29 is 4.79 Å². The van der Waals surface area contributed by atoms with Crippen LogP contribution in [0, 0.1) is 0 Å². The third kappa shape index (κ3) is 5.64. The number of carbonyl (C=O) groups excluding carboxylic acids is 1. The summed E-state index contributed by atoms with van der Waals surface area (Å²) in [7, 11) is 0. The molecule has 0 aromatic heterocycles. The number of amides is 1. The quantitative estimate of drug-likeness (QED) is 0.720. The van der Waals surface area contributed by atoms with Crippen LogP contribution in [0.1, 0.15) is 38.2 Å². The molecule has 1 amide bonds. The van der Waals surface area contributed by atoms with E-state index in [2.05, 4.69) is 48.2 Å². The first-order chi connectivity index (χ1) is 10.8. The molecule has 22 heavy (non-hydrogen) atoms. The molecule has 0 spiro atoms. The smallest absolute Gasteiger partial charge is 0.222 e. The van der Waals surface area contributed by atoms with Gasteiger partial charge in [0, 0.05) is 39.1 Å². The summed E-state index contributed by atoms with van der Waals surface area (Å²) in [5.41, 5.74) is 1.24. The van der Waals surface area contributed by atoms with Crippen molar-refractivity contribution >= 4 is 12.0 Å². The molecule has 1 aliphatic rings. The lowest BCUT2D eigenvalue weighted by molar-refractivity contribution is -0.133. The fourth-order valence-corrected chi connectivity index (χ4v) is 2.77. The van der Waals surface area contributed by atoms with Crippen LogP contribution in [-0.2, 0) is 4.79 Å². The molecule has 2 rings (SSSR count). The van der Waals surface area contributed by atoms with Crippen LogP contribution in [0.25, 0.3) is 6.08 Å². The Morgan fingerprint density at radius 2 is 1.82 bits per heavy atom. The van der Waals surface area contributed by atoms with Crippen LogP contribution in [0.4, 0.5) is 0 Å². The van der Waals surface area contributed by atoms with Gasteiger partial charge in [0.1, 0.15) is 0 Å². The van der Waals surface area contributed by atoms with Gasteiger partial charge in [0.05, 0.1) is 0 Å². The predicted octanol–water partition coefficient (Wildman–Crippen LogP) is 3.42. The molecular weight excluding hydrogens is 272 g/mol. The standard InChI is InChI=1S/C19H28N2O/c1-2-3-5-12-19(22)21-16-14-20(15-17-21)13-8-11-18-9-6-4-7-10-18/h4,6-11H,2-3,5,12-17H2,1H3/b11-8+. The molecule has 1 heterocycles. The average molecular weight is 300 g/mol. The van der Waals surface area contributed by atoms with Gasteiger partial charge in [-0.1, -0.05) is 62.2 Å². The molecule has 0 saturated carbocycles. The minimum Gasteiger partial charge on any atom is -0.340 e. The van der Waals surface area contributed by atoms with E-state index >= 15 is 0 Å². The molecule has 1 saturated heterocycles. The number of nitrogens with zero attached hydrogens (tertiary/aromatic N) is 2. The van der Waals surface area contributed by atoms with E-state index in [4.69, 9.17) is 0 Å². The van der Waals surface area contributed by atoms with Crippen LogP contribution in [0.2, 0.25) is 0 Å². The summed E-state index contributed by atoms with van der Waals surface area (Å²) in [4.78, 5) is 16.5. The topological polar surface area (TPSA) is 23.6 Å². The van der Waals surface area contributed by atoms with Crippen molar-refractivity contribution in [2.24, 2.45) is 0 Å². The first-order valence-corrected chi connectivity index (χ1v) is 8.51. The number of unbranched alkanes of at least 4 members (excludes halogenated alkanes) is 2. The lowest BCUT2D eigenvalue weighted by Crippen LogP contribution is -2.48. The van der Waals surface area contributed by atoms with E-state index in [0.717, 1.165) is 52.0 Å². The monoisotopic (exact) mass is 300 g/mol. The molecule has 0 aliphatic carbocycles. The van der Waals surface area contributed by atoms with Gasteiger partial charge in [0.25, 0.3) is 0 Å². The molecular formula is C19H28N2O. The Bertz CT molecular complexity index is 462. The molecule has 0 atom stereocenters. The van der Waals surface area contributed by atoms with Crippen LogP contribution in [0.15, 0.2) is 36.4 Å². The number of benzene rings is 1. The van der Waals surface area contributed by atoms with E-state index < -0.39 is 0 Å². The maximum atomic E-state index is 12.1. The third-order valence-electron chi connectivity index (χ3n) is 4.19. The Balaban J connectivity index is 1.66. The summed E-state index contributed by atoms with van der Waals surface area (Å²) in [6, 6.07) is 10.4. The third-order valence-corrected chi connectivity index (χ3v) is 4.19. The second-order valence-corrected chi connectivity index (χ2v) is 5.95. The fourth-order valence-electron chi connectivity index (χ4n) is 2.77. The van der Waals surface area contributed by atoms with Gasteiger partial charge in [-0.15, -0.1) is 0 Å². The Labute approximate surface area is 134 Å². The van der Waals surface area contributed by atoms with Gasteiger partial charge in [-0.3, -0.25) is 9.69 Å². The molecule has 120 valence electrons. The Morgan fingerprint density at radius 3 is 2.50 bits per heavy atom. The van der Waals surface area contributed by atoms with Crippen LogP contribution in [-0.4, -0.2) is 48.4 Å². The lowest BCUT2D eigenvalue weighted by atomic mass is 10.2. The van der Waals surface area contributed by atoms with E-state index in [9.17, 15) is 4.79 Å². The van der Waals surface area contributed by atoms with E-state index in [-0.39, 0.29) is 0 Å². The van der Waals surface area contributed by atoms with Gasteiger partial charge in [0.15, 0.2) is 0 Å². The Morgan fingerprint density at radius 1 is 1.09 bits per heavy atom. The fraction of sp³-hybridized carbons (Fsp3) is 0.526. The Kier molecular flexibility index (Phi) is 7.17. The van der Waals surface area contributed by atoms with Gasteiger partial charge < -0.3 is 4.90 Å². The van der Waals surface area contributed by atoms with Crippen molar-refractivity contribution in [3.05, 3.63) is 42.0 Å². The van der Waals surface area contributed by atoms with Gasteiger partial charge in [-0.2, -0.15) is 0 Å². The zero-order valence-electron chi connectivity index (χ0n) is 13.7. The van der Waals surface area contributed by atoms with Crippen molar-refractivity contribution in [2.45, 2.75) is 32.6 Å².